The summed E-state index contributed by atoms with van der Waals surface area (Å²) in [5, 5.41) is 2.60. The third-order valence-electron chi connectivity index (χ3n) is 5.38. The zero-order chi connectivity index (χ0) is 22.4. The van der Waals surface area contributed by atoms with Crippen LogP contribution in [0.5, 0.6) is 11.8 Å². The first kappa shape index (κ1) is 23.0. The highest BCUT2D eigenvalue weighted by Crippen LogP contribution is 2.27. The molecule has 1 aliphatic rings. The number of hydrogen-bond donors (Lipinski definition) is 1. The molecule has 2 aromatic rings. The molecule has 1 amide bonds. The Hall–Kier alpha value is -2.68. The Morgan fingerprint density at radius 1 is 1.06 bits per heavy atom. The van der Waals surface area contributed by atoms with Crippen LogP contribution in [-0.4, -0.2) is 48.8 Å². The Morgan fingerprint density at radius 3 is 2.26 bits per heavy atom. The van der Waals surface area contributed by atoms with E-state index in [2.05, 4.69) is 15.3 Å². The van der Waals surface area contributed by atoms with E-state index in [0.29, 0.717) is 11.8 Å². The van der Waals surface area contributed by atoms with Crippen molar-refractivity contribution >= 4 is 15.7 Å². The molecule has 0 bridgehead atoms. The number of sulfone groups is 1. The van der Waals surface area contributed by atoms with Crippen LogP contribution in [0.3, 0.4) is 0 Å². The summed E-state index contributed by atoms with van der Waals surface area (Å²) in [5.74, 6) is 0.685. The number of hydrogen-bond acceptors (Lipinski definition) is 7. The Labute approximate surface area is 183 Å². The molecule has 0 spiro atoms. The van der Waals surface area contributed by atoms with Gasteiger partial charge in [0, 0.05) is 18.4 Å². The standard InChI is InChI=1S/C22H29N3O5S/c1-15(2)31(27,28)19-10-4-16(5-11-19)14-20(26)25-17-6-8-18(9-7-17)30-22-21(29-3)23-12-13-24-22/h4-5,10-13,15,17-18H,6-9,14H2,1-3H3,(H,25,26). The molecular weight excluding hydrogens is 418 g/mol. The summed E-state index contributed by atoms with van der Waals surface area (Å²) in [6, 6.07) is 6.64. The highest BCUT2D eigenvalue weighted by Gasteiger charge is 2.25. The van der Waals surface area contributed by atoms with E-state index in [1.54, 1.807) is 50.5 Å². The number of nitrogens with zero attached hydrogens (tertiary/aromatic N) is 2. The summed E-state index contributed by atoms with van der Waals surface area (Å²) < 4.78 is 35.5. The van der Waals surface area contributed by atoms with Crippen LogP contribution in [0.25, 0.3) is 0 Å². The van der Waals surface area contributed by atoms with Gasteiger partial charge in [0.05, 0.1) is 23.7 Å². The first-order chi connectivity index (χ1) is 14.8. The average Bonchev–Trinajstić information content (AvgIpc) is 2.75. The Kier molecular flexibility index (Phi) is 7.48. The summed E-state index contributed by atoms with van der Waals surface area (Å²) in [4.78, 5) is 21.0. The highest BCUT2D eigenvalue weighted by atomic mass is 32.2. The predicted octanol–water partition coefficient (Wildman–Crippen LogP) is 2.72. The predicted molar refractivity (Wildman–Crippen MR) is 116 cm³/mol. The third-order valence-corrected chi connectivity index (χ3v) is 7.55. The molecule has 1 fully saturated rings. The second-order valence-electron chi connectivity index (χ2n) is 7.94. The maximum atomic E-state index is 12.4. The average molecular weight is 448 g/mol. The Morgan fingerprint density at radius 2 is 1.68 bits per heavy atom. The van der Waals surface area contributed by atoms with Gasteiger partial charge in [0.2, 0.25) is 5.91 Å². The molecule has 9 heteroatoms. The monoisotopic (exact) mass is 447 g/mol. The van der Waals surface area contributed by atoms with E-state index in [1.165, 1.54) is 7.11 Å². The van der Waals surface area contributed by atoms with Gasteiger partial charge in [-0.1, -0.05) is 12.1 Å². The molecule has 0 aliphatic heterocycles. The number of carbonyl (C=O) groups is 1. The summed E-state index contributed by atoms with van der Waals surface area (Å²) >= 11 is 0. The highest BCUT2D eigenvalue weighted by molar-refractivity contribution is 7.92. The molecule has 1 aliphatic carbocycles. The minimum Gasteiger partial charge on any atom is -0.477 e. The van der Waals surface area contributed by atoms with Crippen molar-refractivity contribution in [3.8, 4) is 11.8 Å². The lowest BCUT2D eigenvalue weighted by atomic mass is 9.92. The molecule has 0 unspecified atom stereocenters. The van der Waals surface area contributed by atoms with Gasteiger partial charge < -0.3 is 14.8 Å². The maximum absolute atomic E-state index is 12.4. The molecule has 1 aromatic heterocycles. The van der Waals surface area contributed by atoms with Crippen LogP contribution in [0.1, 0.15) is 45.1 Å². The topological polar surface area (TPSA) is 107 Å². The Balaban J connectivity index is 1.47. The van der Waals surface area contributed by atoms with Crippen molar-refractivity contribution in [3.05, 3.63) is 42.2 Å². The number of methoxy groups -OCH3 is 1. The molecule has 168 valence electrons. The van der Waals surface area contributed by atoms with Crippen LogP contribution in [0.15, 0.2) is 41.6 Å². The summed E-state index contributed by atoms with van der Waals surface area (Å²) in [6.45, 7) is 3.31. The van der Waals surface area contributed by atoms with Gasteiger partial charge in [0.1, 0.15) is 6.10 Å². The molecule has 1 N–H and O–H groups in total. The van der Waals surface area contributed by atoms with Crippen LogP contribution in [0, 0.1) is 0 Å². The number of benzene rings is 1. The lowest BCUT2D eigenvalue weighted by Crippen LogP contribution is -2.40. The zero-order valence-electron chi connectivity index (χ0n) is 18.1. The van der Waals surface area contributed by atoms with Crippen molar-refractivity contribution in [2.75, 3.05) is 7.11 Å². The fraction of sp³-hybridized carbons (Fsp3) is 0.500. The lowest BCUT2D eigenvalue weighted by molar-refractivity contribution is -0.121. The zero-order valence-corrected chi connectivity index (χ0v) is 18.9. The van der Waals surface area contributed by atoms with E-state index in [0.717, 1.165) is 31.2 Å². The van der Waals surface area contributed by atoms with Crippen molar-refractivity contribution in [3.63, 3.8) is 0 Å². The van der Waals surface area contributed by atoms with Crippen LogP contribution >= 0.6 is 0 Å². The van der Waals surface area contributed by atoms with E-state index in [1.807, 2.05) is 0 Å². The number of aromatic nitrogens is 2. The van der Waals surface area contributed by atoms with E-state index >= 15 is 0 Å². The van der Waals surface area contributed by atoms with Crippen molar-refractivity contribution in [2.24, 2.45) is 0 Å². The minimum atomic E-state index is -3.31. The SMILES string of the molecule is COc1nccnc1OC1CCC(NC(=O)Cc2ccc(S(=O)(=O)C(C)C)cc2)CC1. The largest absolute Gasteiger partial charge is 0.477 e. The van der Waals surface area contributed by atoms with Gasteiger partial charge >= 0.3 is 0 Å². The van der Waals surface area contributed by atoms with Crippen LogP contribution < -0.4 is 14.8 Å². The van der Waals surface area contributed by atoms with E-state index in [4.69, 9.17) is 9.47 Å². The minimum absolute atomic E-state index is 0.00852. The molecule has 3 rings (SSSR count). The number of ether oxygens (including phenoxy) is 2. The number of rotatable bonds is 8. The second-order valence-corrected chi connectivity index (χ2v) is 10.4. The normalized spacial score (nSPS) is 19.1. The van der Waals surface area contributed by atoms with E-state index in [9.17, 15) is 13.2 Å². The fourth-order valence-electron chi connectivity index (χ4n) is 3.55. The summed E-state index contributed by atoms with van der Waals surface area (Å²) in [6.07, 6.45) is 6.56. The molecule has 0 radical (unpaired) electrons. The fourth-order valence-corrected chi connectivity index (χ4v) is 4.61. The van der Waals surface area contributed by atoms with Gasteiger partial charge in [-0.15, -0.1) is 0 Å². The number of nitrogens with one attached hydrogen (secondary N) is 1. The first-order valence-electron chi connectivity index (χ1n) is 10.4. The van der Waals surface area contributed by atoms with Gasteiger partial charge in [-0.3, -0.25) is 4.79 Å². The molecule has 1 aromatic carbocycles. The smallest absolute Gasteiger partial charge is 0.278 e. The molecule has 0 saturated heterocycles. The summed E-state index contributed by atoms with van der Waals surface area (Å²) in [5.41, 5.74) is 0.784. The van der Waals surface area contributed by atoms with Gasteiger partial charge in [0.25, 0.3) is 11.8 Å². The van der Waals surface area contributed by atoms with Crippen molar-refractivity contribution < 1.29 is 22.7 Å². The molecule has 8 nitrogen and oxygen atoms in total. The molecule has 31 heavy (non-hydrogen) atoms. The quantitative estimate of drug-likeness (QED) is 0.663. The van der Waals surface area contributed by atoms with Crippen LogP contribution in [0.4, 0.5) is 0 Å². The lowest BCUT2D eigenvalue weighted by Gasteiger charge is -2.29. The van der Waals surface area contributed by atoms with Crippen LogP contribution in [-0.2, 0) is 21.1 Å². The second kappa shape index (κ2) is 10.1. The van der Waals surface area contributed by atoms with E-state index in [-0.39, 0.29) is 29.4 Å². The van der Waals surface area contributed by atoms with Gasteiger partial charge in [-0.25, -0.2) is 18.4 Å². The molecule has 1 heterocycles. The van der Waals surface area contributed by atoms with E-state index < -0.39 is 15.1 Å². The molecule has 0 atom stereocenters. The van der Waals surface area contributed by atoms with Crippen LogP contribution in [0.2, 0.25) is 0 Å². The number of carbonyl (C=O) groups excluding carboxylic acids is 1. The summed E-state index contributed by atoms with van der Waals surface area (Å²) in [7, 11) is -1.78. The maximum Gasteiger partial charge on any atom is 0.278 e. The Bertz CT molecular complexity index is 984. The first-order valence-corrected chi connectivity index (χ1v) is 12.0. The van der Waals surface area contributed by atoms with Gasteiger partial charge in [-0.05, 0) is 57.2 Å². The third kappa shape index (κ3) is 5.94. The van der Waals surface area contributed by atoms with Crippen molar-refractivity contribution in [1.29, 1.82) is 0 Å². The number of amides is 1. The van der Waals surface area contributed by atoms with Gasteiger partial charge in [0.15, 0.2) is 9.84 Å². The molecular formula is C22H29N3O5S. The van der Waals surface area contributed by atoms with Crippen molar-refractivity contribution in [2.45, 2.75) is 68.2 Å². The molecule has 1 saturated carbocycles. The van der Waals surface area contributed by atoms with Crippen molar-refractivity contribution in [1.82, 2.24) is 15.3 Å². The van der Waals surface area contributed by atoms with Gasteiger partial charge in [-0.2, -0.15) is 0 Å².